The quantitative estimate of drug-likeness (QED) is 0.220. The predicted octanol–water partition coefficient (Wildman–Crippen LogP) is 5.44. The van der Waals surface area contributed by atoms with Crippen molar-refractivity contribution in [1.82, 2.24) is 9.88 Å². The average Bonchev–Trinajstić information content (AvgIpc) is 3.53. The molecule has 0 radical (unpaired) electrons. The third-order valence-corrected chi connectivity index (χ3v) is 8.59. The number of benzene rings is 3. The van der Waals surface area contributed by atoms with Crippen molar-refractivity contribution in [3.05, 3.63) is 90.1 Å². The zero-order valence-electron chi connectivity index (χ0n) is 23.9. The van der Waals surface area contributed by atoms with Crippen molar-refractivity contribution in [2.75, 3.05) is 44.5 Å². The Hall–Kier alpha value is -4.50. The predicted molar refractivity (Wildman–Crippen MR) is 162 cm³/mol. The van der Waals surface area contributed by atoms with E-state index in [1.165, 1.54) is 0 Å². The van der Waals surface area contributed by atoms with Crippen LogP contribution >= 0.6 is 0 Å². The molecule has 4 aromatic rings. The molecule has 2 bridgehead atoms. The fourth-order valence-corrected chi connectivity index (χ4v) is 6.55. The molecule has 3 N–H and O–H groups in total. The average molecular weight is 569 g/mol. The van der Waals surface area contributed by atoms with Gasteiger partial charge in [0.1, 0.15) is 23.9 Å². The number of amides is 1. The minimum atomic E-state index is -0.544. The van der Waals surface area contributed by atoms with E-state index in [1.54, 1.807) is 25.3 Å². The highest BCUT2D eigenvalue weighted by atomic mass is 16.6. The number of methoxy groups -OCH3 is 2. The highest BCUT2D eigenvalue weighted by molar-refractivity contribution is 5.99. The lowest BCUT2D eigenvalue weighted by atomic mass is 9.62. The molecule has 1 saturated carbocycles. The van der Waals surface area contributed by atoms with Gasteiger partial charge in [-0.3, -0.25) is 4.90 Å². The van der Waals surface area contributed by atoms with Crippen LogP contribution in [0.15, 0.2) is 79.0 Å². The summed E-state index contributed by atoms with van der Waals surface area (Å²) in [6.45, 7) is 1.93. The van der Waals surface area contributed by atoms with E-state index in [2.05, 4.69) is 27.8 Å². The Bertz CT molecular complexity index is 1570. The third kappa shape index (κ3) is 5.16. The monoisotopic (exact) mass is 568 g/mol. The van der Waals surface area contributed by atoms with Gasteiger partial charge in [0.25, 0.3) is 0 Å². The van der Waals surface area contributed by atoms with E-state index >= 15 is 0 Å². The van der Waals surface area contributed by atoms with Crippen LogP contribution in [-0.4, -0.2) is 60.5 Å². The summed E-state index contributed by atoms with van der Waals surface area (Å²) in [5.41, 5.74) is 2.28. The number of rotatable bonds is 11. The molecule has 1 aliphatic carbocycles. The molecule has 2 saturated heterocycles. The van der Waals surface area contributed by atoms with Crippen molar-refractivity contribution < 1.29 is 24.1 Å². The normalized spacial score (nSPS) is 20.6. The van der Waals surface area contributed by atoms with E-state index in [-0.39, 0.29) is 24.7 Å². The van der Waals surface area contributed by atoms with Crippen LogP contribution in [0.3, 0.4) is 0 Å². The summed E-state index contributed by atoms with van der Waals surface area (Å²) in [7, 11) is 3.28. The van der Waals surface area contributed by atoms with Crippen molar-refractivity contribution in [2.45, 2.75) is 31.5 Å². The maximum absolute atomic E-state index is 13.0. The largest absolute Gasteiger partial charge is 0.497 e. The molecule has 0 unspecified atom stereocenters. The van der Waals surface area contributed by atoms with Crippen LogP contribution in [0, 0.1) is 5.41 Å². The van der Waals surface area contributed by atoms with Crippen molar-refractivity contribution in [3.8, 4) is 11.5 Å². The summed E-state index contributed by atoms with van der Waals surface area (Å²) in [4.78, 5) is 19.4. The first-order valence-electron chi connectivity index (χ1n) is 14.1. The van der Waals surface area contributed by atoms with Gasteiger partial charge < -0.3 is 30.0 Å². The number of nitrogens with one attached hydrogen (secondary N) is 2. The van der Waals surface area contributed by atoms with Crippen molar-refractivity contribution in [3.63, 3.8) is 0 Å². The molecular weight excluding hydrogens is 532 g/mol. The number of fused-ring (bicyclic) bond motifs is 2. The van der Waals surface area contributed by atoms with E-state index in [1.807, 2.05) is 60.7 Å². The third-order valence-electron chi connectivity index (χ3n) is 8.59. The Balaban J connectivity index is 1.13. The number of carbonyl (C=O) groups is 1. The molecule has 3 heterocycles. The van der Waals surface area contributed by atoms with Crippen LogP contribution < -0.4 is 20.1 Å². The molecule has 7 rings (SSSR count). The van der Waals surface area contributed by atoms with E-state index in [9.17, 15) is 9.90 Å². The number of aliphatic hydroxyl groups is 1. The second-order valence-corrected chi connectivity index (χ2v) is 11.3. The Morgan fingerprint density at radius 1 is 0.976 bits per heavy atom. The molecule has 1 amide bonds. The zero-order chi connectivity index (χ0) is 29.2. The Morgan fingerprint density at radius 3 is 2.57 bits per heavy atom. The zero-order valence-corrected chi connectivity index (χ0v) is 23.9. The number of anilines is 2. The van der Waals surface area contributed by atoms with Crippen LogP contribution in [0.5, 0.6) is 11.5 Å². The fraction of sp³-hybridized carbons (Fsp3) is 0.333. The van der Waals surface area contributed by atoms with E-state index in [0.717, 1.165) is 57.7 Å². The van der Waals surface area contributed by atoms with Crippen LogP contribution in [0.1, 0.15) is 24.0 Å². The van der Waals surface area contributed by atoms with E-state index < -0.39 is 5.54 Å². The first kappa shape index (κ1) is 27.7. The van der Waals surface area contributed by atoms with Gasteiger partial charge in [-0.2, -0.15) is 0 Å². The van der Waals surface area contributed by atoms with Crippen LogP contribution in [0.4, 0.5) is 16.3 Å². The SMILES string of the molecule is COc1ccc(CNc2nccc3c(NCC45CN(C(=O)OCc6ccccc6)C(CO)(C4)C5)cccc23)c(OC)c1. The lowest BCUT2D eigenvalue weighted by Crippen LogP contribution is -2.55. The maximum atomic E-state index is 13.0. The minimum absolute atomic E-state index is 0.0663. The summed E-state index contributed by atoms with van der Waals surface area (Å²) < 4.78 is 16.5. The molecule has 218 valence electrons. The lowest BCUT2D eigenvalue weighted by Gasteiger charge is -2.46. The molecule has 1 aromatic heterocycles. The summed E-state index contributed by atoms with van der Waals surface area (Å²) in [6.07, 6.45) is 2.92. The van der Waals surface area contributed by atoms with Crippen LogP contribution in [-0.2, 0) is 17.9 Å². The Morgan fingerprint density at radius 2 is 1.81 bits per heavy atom. The van der Waals surface area contributed by atoms with Gasteiger partial charge in [-0.25, -0.2) is 9.78 Å². The summed E-state index contributed by atoms with van der Waals surface area (Å²) >= 11 is 0. The van der Waals surface area contributed by atoms with Gasteiger partial charge in [-0.1, -0.05) is 42.5 Å². The highest BCUT2D eigenvalue weighted by Crippen LogP contribution is 2.59. The summed E-state index contributed by atoms with van der Waals surface area (Å²) in [5.74, 6) is 2.27. The second kappa shape index (κ2) is 11.4. The number of ether oxygens (including phenoxy) is 3. The fourth-order valence-electron chi connectivity index (χ4n) is 6.55. The molecule has 3 aliphatic rings. The molecule has 9 heteroatoms. The molecule has 0 atom stereocenters. The molecule has 9 nitrogen and oxygen atoms in total. The van der Waals surface area contributed by atoms with Gasteiger partial charge in [0.15, 0.2) is 0 Å². The lowest BCUT2D eigenvalue weighted by molar-refractivity contribution is 0.00539. The Kier molecular flexibility index (Phi) is 7.51. The second-order valence-electron chi connectivity index (χ2n) is 11.3. The molecule has 3 fully saturated rings. The smallest absolute Gasteiger partial charge is 0.410 e. The van der Waals surface area contributed by atoms with E-state index in [4.69, 9.17) is 14.2 Å². The topological polar surface area (TPSA) is 105 Å². The van der Waals surface area contributed by atoms with Gasteiger partial charge in [-0.05, 0) is 42.7 Å². The minimum Gasteiger partial charge on any atom is -0.497 e. The number of hydrogen-bond donors (Lipinski definition) is 3. The number of nitrogens with zero attached hydrogens (tertiary/aromatic N) is 2. The first-order chi connectivity index (χ1) is 20.5. The number of hydrogen-bond acceptors (Lipinski definition) is 8. The van der Waals surface area contributed by atoms with Gasteiger partial charge >= 0.3 is 6.09 Å². The van der Waals surface area contributed by atoms with Crippen LogP contribution in [0.2, 0.25) is 0 Å². The number of aromatic nitrogens is 1. The van der Waals surface area contributed by atoms with Gasteiger partial charge in [-0.15, -0.1) is 0 Å². The first-order valence-corrected chi connectivity index (χ1v) is 14.1. The number of pyridine rings is 1. The molecular formula is C33H36N4O5. The Labute approximate surface area is 245 Å². The number of carbonyl (C=O) groups excluding carboxylic acids is 1. The van der Waals surface area contributed by atoms with Crippen molar-refractivity contribution >= 4 is 28.4 Å². The van der Waals surface area contributed by atoms with Gasteiger partial charge in [0.05, 0.1) is 26.4 Å². The van der Waals surface area contributed by atoms with Gasteiger partial charge in [0, 0.05) is 59.3 Å². The number of aliphatic hydroxyl groups excluding tert-OH is 1. The maximum Gasteiger partial charge on any atom is 0.410 e. The highest BCUT2D eigenvalue weighted by Gasteiger charge is 2.66. The molecule has 0 spiro atoms. The van der Waals surface area contributed by atoms with Crippen LogP contribution in [0.25, 0.3) is 10.8 Å². The van der Waals surface area contributed by atoms with Crippen molar-refractivity contribution in [2.24, 2.45) is 5.41 Å². The molecule has 2 aliphatic heterocycles. The summed E-state index contributed by atoms with van der Waals surface area (Å²) in [5, 5.41) is 19.4. The summed E-state index contributed by atoms with van der Waals surface area (Å²) in [6, 6.07) is 23.6. The molecule has 42 heavy (non-hydrogen) atoms. The van der Waals surface area contributed by atoms with Gasteiger partial charge in [0.2, 0.25) is 0 Å². The standard InChI is InChI=1S/C33H36N4O5/c1-40-25-12-11-24(29(15-25)41-2)16-35-30-27-9-6-10-28(26(27)13-14-34-30)36-20-32-18-33(19-32,22-38)37(21-32)31(39)42-17-23-7-4-3-5-8-23/h3-15,36,38H,16-22H2,1-2H3,(H,34,35). The van der Waals surface area contributed by atoms with E-state index in [0.29, 0.717) is 19.6 Å². The molecule has 3 aromatic carbocycles. The van der Waals surface area contributed by atoms with Crippen molar-refractivity contribution in [1.29, 1.82) is 0 Å².